The van der Waals surface area contributed by atoms with Gasteiger partial charge in [-0.25, -0.2) is 12.8 Å². The average molecular weight is 290 g/mol. The number of non-ortho nitro benzene ring substituents is 1. The molecule has 1 heterocycles. The monoisotopic (exact) mass is 290 g/mol. The van der Waals surface area contributed by atoms with Crippen molar-refractivity contribution in [3.8, 4) is 0 Å². The molecule has 1 aromatic carbocycles. The van der Waals surface area contributed by atoms with E-state index in [9.17, 15) is 22.9 Å². The highest BCUT2D eigenvalue weighted by Gasteiger charge is 2.30. The molecule has 104 valence electrons. The molecular formula is C10H11FN2O5S. The lowest BCUT2D eigenvalue weighted by Crippen LogP contribution is -2.36. The molecule has 0 radical (unpaired) electrons. The Kier molecular flexibility index (Phi) is 3.78. The Balaban J connectivity index is 2.37. The topological polar surface area (TPSA) is 89.8 Å². The number of hydrogen-bond acceptors (Lipinski definition) is 5. The largest absolute Gasteiger partial charge is 0.284 e. The van der Waals surface area contributed by atoms with Crippen LogP contribution in [0.1, 0.15) is 12.8 Å². The standard InChI is InChI=1S/C10H11FN2O5S/c11-9-7-8(13(14)15)3-4-10(9)19(16,17)12-5-1-2-6-18-12/h3-4,7H,1-2,5-6H2. The number of sulfonamides is 1. The molecule has 1 fully saturated rings. The Morgan fingerprint density at radius 1 is 1.37 bits per heavy atom. The van der Waals surface area contributed by atoms with Gasteiger partial charge in [0.2, 0.25) is 0 Å². The Bertz CT molecular complexity index is 598. The lowest BCUT2D eigenvalue weighted by atomic mass is 10.3. The van der Waals surface area contributed by atoms with Gasteiger partial charge in [-0.3, -0.25) is 15.0 Å². The Labute approximate surface area is 108 Å². The fourth-order valence-electron chi connectivity index (χ4n) is 1.69. The molecule has 0 bridgehead atoms. The number of hydrogen-bond donors (Lipinski definition) is 0. The van der Waals surface area contributed by atoms with Gasteiger partial charge in [-0.15, -0.1) is 0 Å². The van der Waals surface area contributed by atoms with E-state index < -0.39 is 31.3 Å². The molecule has 0 saturated carbocycles. The molecule has 0 amide bonds. The molecule has 9 heteroatoms. The smallest absolute Gasteiger partial charge is 0.272 e. The molecule has 1 saturated heterocycles. The highest BCUT2D eigenvalue weighted by atomic mass is 32.2. The lowest BCUT2D eigenvalue weighted by molar-refractivity contribution is -0.385. The van der Waals surface area contributed by atoms with Crippen molar-refractivity contribution in [2.75, 3.05) is 13.2 Å². The van der Waals surface area contributed by atoms with Gasteiger partial charge in [-0.2, -0.15) is 0 Å². The van der Waals surface area contributed by atoms with Crippen molar-refractivity contribution in [1.82, 2.24) is 4.47 Å². The van der Waals surface area contributed by atoms with Crippen molar-refractivity contribution >= 4 is 15.7 Å². The molecular weight excluding hydrogens is 279 g/mol. The third-order valence-corrected chi connectivity index (χ3v) is 4.35. The molecule has 0 unspecified atom stereocenters. The van der Waals surface area contributed by atoms with Crippen LogP contribution in [-0.2, 0) is 14.9 Å². The van der Waals surface area contributed by atoms with Gasteiger partial charge in [0.05, 0.1) is 17.6 Å². The quantitative estimate of drug-likeness (QED) is 0.621. The molecule has 1 aliphatic heterocycles. The number of nitrogens with zero attached hydrogens (tertiary/aromatic N) is 2. The minimum atomic E-state index is -4.12. The van der Waals surface area contributed by atoms with Crippen LogP contribution in [0.2, 0.25) is 0 Å². The normalized spacial score (nSPS) is 17.3. The van der Waals surface area contributed by atoms with Crippen molar-refractivity contribution in [3.05, 3.63) is 34.1 Å². The number of nitro groups is 1. The highest BCUT2D eigenvalue weighted by Crippen LogP contribution is 2.25. The SMILES string of the molecule is O=[N+]([O-])c1ccc(S(=O)(=O)N2CCCCO2)c(F)c1. The van der Waals surface area contributed by atoms with Crippen molar-refractivity contribution in [3.63, 3.8) is 0 Å². The van der Waals surface area contributed by atoms with Crippen LogP contribution in [-0.4, -0.2) is 31.0 Å². The molecule has 1 aliphatic rings. The summed E-state index contributed by atoms with van der Waals surface area (Å²) in [6, 6.07) is 2.40. The maximum absolute atomic E-state index is 13.7. The predicted octanol–water partition coefficient (Wildman–Crippen LogP) is 1.45. The van der Waals surface area contributed by atoms with Crippen LogP contribution in [0, 0.1) is 15.9 Å². The van der Waals surface area contributed by atoms with E-state index in [2.05, 4.69) is 0 Å². The molecule has 0 atom stereocenters. The lowest BCUT2D eigenvalue weighted by Gasteiger charge is -2.25. The van der Waals surface area contributed by atoms with Crippen LogP contribution in [0.4, 0.5) is 10.1 Å². The first-order chi connectivity index (χ1) is 8.93. The van der Waals surface area contributed by atoms with Gasteiger partial charge in [0.15, 0.2) is 0 Å². The maximum atomic E-state index is 13.7. The van der Waals surface area contributed by atoms with E-state index in [-0.39, 0.29) is 13.2 Å². The summed E-state index contributed by atoms with van der Waals surface area (Å²) < 4.78 is 38.6. The van der Waals surface area contributed by atoms with Crippen molar-refractivity contribution in [2.24, 2.45) is 0 Å². The Morgan fingerprint density at radius 2 is 2.11 bits per heavy atom. The zero-order chi connectivity index (χ0) is 14.0. The first kappa shape index (κ1) is 13.8. The maximum Gasteiger partial charge on any atom is 0.272 e. The van der Waals surface area contributed by atoms with Gasteiger partial charge >= 0.3 is 0 Å². The van der Waals surface area contributed by atoms with E-state index in [1.54, 1.807) is 0 Å². The van der Waals surface area contributed by atoms with Crippen LogP contribution < -0.4 is 0 Å². The summed E-state index contributed by atoms with van der Waals surface area (Å²) in [5.74, 6) is -1.16. The van der Waals surface area contributed by atoms with Crippen LogP contribution in [0.5, 0.6) is 0 Å². The van der Waals surface area contributed by atoms with Gasteiger partial charge in [-0.1, -0.05) is 4.47 Å². The highest BCUT2D eigenvalue weighted by molar-refractivity contribution is 7.89. The molecule has 1 aromatic rings. The van der Waals surface area contributed by atoms with Gasteiger partial charge < -0.3 is 0 Å². The molecule has 7 nitrogen and oxygen atoms in total. The van der Waals surface area contributed by atoms with E-state index in [0.29, 0.717) is 12.5 Å². The number of rotatable bonds is 3. The van der Waals surface area contributed by atoms with Crippen molar-refractivity contribution < 1.29 is 22.6 Å². The van der Waals surface area contributed by atoms with E-state index >= 15 is 0 Å². The third-order valence-electron chi connectivity index (χ3n) is 2.64. The molecule has 2 rings (SSSR count). The fraction of sp³-hybridized carbons (Fsp3) is 0.400. The second-order valence-electron chi connectivity index (χ2n) is 3.94. The van der Waals surface area contributed by atoms with Gasteiger partial charge in [0, 0.05) is 12.6 Å². The molecule has 0 N–H and O–H groups in total. The van der Waals surface area contributed by atoms with E-state index in [4.69, 9.17) is 4.84 Å². The predicted molar refractivity (Wildman–Crippen MR) is 62.1 cm³/mol. The van der Waals surface area contributed by atoms with E-state index in [1.165, 1.54) is 0 Å². The minimum Gasteiger partial charge on any atom is -0.284 e. The van der Waals surface area contributed by atoms with Gasteiger partial charge in [0.25, 0.3) is 15.7 Å². The van der Waals surface area contributed by atoms with Crippen LogP contribution in [0.3, 0.4) is 0 Å². The Morgan fingerprint density at radius 3 is 2.63 bits per heavy atom. The van der Waals surface area contributed by atoms with Crippen molar-refractivity contribution in [2.45, 2.75) is 17.7 Å². The fourth-order valence-corrected chi connectivity index (χ4v) is 3.03. The summed E-state index contributed by atoms with van der Waals surface area (Å²) in [4.78, 5) is 14.0. The first-order valence-corrected chi connectivity index (χ1v) is 6.96. The first-order valence-electron chi connectivity index (χ1n) is 5.52. The zero-order valence-electron chi connectivity index (χ0n) is 9.78. The average Bonchev–Trinajstić information content (AvgIpc) is 2.39. The number of hydroxylamine groups is 1. The summed E-state index contributed by atoms with van der Waals surface area (Å²) in [6.07, 6.45) is 1.35. The summed E-state index contributed by atoms with van der Waals surface area (Å²) in [6.45, 7) is 0.382. The van der Waals surface area contributed by atoms with Gasteiger partial charge in [0.1, 0.15) is 10.7 Å². The number of halogens is 1. The summed E-state index contributed by atoms with van der Waals surface area (Å²) in [5, 5.41) is 10.5. The zero-order valence-corrected chi connectivity index (χ0v) is 10.6. The van der Waals surface area contributed by atoms with Crippen LogP contribution in [0.25, 0.3) is 0 Å². The van der Waals surface area contributed by atoms with Crippen LogP contribution >= 0.6 is 0 Å². The summed E-state index contributed by atoms with van der Waals surface area (Å²) in [5.41, 5.74) is -0.504. The summed E-state index contributed by atoms with van der Waals surface area (Å²) >= 11 is 0. The minimum absolute atomic E-state index is 0.138. The molecule has 19 heavy (non-hydrogen) atoms. The third kappa shape index (κ3) is 2.72. The van der Waals surface area contributed by atoms with Gasteiger partial charge in [-0.05, 0) is 18.9 Å². The van der Waals surface area contributed by atoms with E-state index in [0.717, 1.165) is 23.0 Å². The summed E-state index contributed by atoms with van der Waals surface area (Å²) in [7, 11) is -4.12. The molecule has 0 aromatic heterocycles. The molecule has 0 aliphatic carbocycles. The Hall–Kier alpha value is -1.58. The second-order valence-corrected chi connectivity index (χ2v) is 5.74. The number of nitro benzene ring substituents is 1. The van der Waals surface area contributed by atoms with E-state index in [1.807, 2.05) is 0 Å². The van der Waals surface area contributed by atoms with Crippen molar-refractivity contribution in [1.29, 1.82) is 0 Å². The van der Waals surface area contributed by atoms with Crippen LogP contribution in [0.15, 0.2) is 23.1 Å². The number of benzene rings is 1. The second kappa shape index (κ2) is 5.19. The molecule has 0 spiro atoms.